The molecule has 0 aliphatic heterocycles. The van der Waals surface area contributed by atoms with E-state index in [4.69, 9.17) is 19.7 Å². The minimum absolute atomic E-state index is 0. The fourth-order valence-electron chi connectivity index (χ4n) is 4.13. The van der Waals surface area contributed by atoms with Crippen molar-refractivity contribution in [2.24, 2.45) is 0 Å². The number of carbonyl (C=O) groups excluding carboxylic acids is 4. The number of aromatic carboxylic acids is 2. The largest absolute Gasteiger partial charge is 0.484 e. The number of amides is 2. The molecule has 14 nitrogen and oxygen atoms in total. The van der Waals surface area contributed by atoms with Crippen molar-refractivity contribution in [2.45, 2.75) is 21.3 Å². The van der Waals surface area contributed by atoms with Gasteiger partial charge in [-0.05, 0) is 74.5 Å². The molecule has 0 saturated carbocycles. The molecule has 4 rings (SSSR count). The van der Waals surface area contributed by atoms with Gasteiger partial charge in [0.2, 0.25) is 0 Å². The van der Waals surface area contributed by atoms with Crippen LogP contribution in [0.2, 0.25) is 0 Å². The van der Waals surface area contributed by atoms with Gasteiger partial charge < -0.3 is 30.3 Å². The molecule has 2 amide bonds. The number of ether oxygens (including phenoxy) is 2. The zero-order valence-electron chi connectivity index (χ0n) is 26.6. The molecule has 260 valence electrons. The van der Waals surface area contributed by atoms with Crippen LogP contribution in [0.1, 0.15) is 73.8 Å². The summed E-state index contributed by atoms with van der Waals surface area (Å²) in [6, 6.07) is 24.1. The Hall–Kier alpha value is -7.32. The Morgan fingerprint density at radius 3 is 1.22 bits per heavy atom. The maximum absolute atomic E-state index is 12.3. The Kier molecular flexibility index (Phi) is 14.7. The SMILES string of the molecule is C.CC(=O)COc1ccc(NC(=O)c2ccccc2C(=O)O)cc1C#N.CC(=O)COc1ccc(NC(=O)c2ccccc2C(=O)O)cc1C#N. The number of hydrogen-bond donors (Lipinski definition) is 4. The summed E-state index contributed by atoms with van der Waals surface area (Å²) >= 11 is 0. The Morgan fingerprint density at radius 1 is 0.588 bits per heavy atom. The molecule has 4 aromatic carbocycles. The highest BCUT2D eigenvalue weighted by atomic mass is 16.5. The Balaban J connectivity index is 0.000000347. The summed E-state index contributed by atoms with van der Waals surface area (Å²) in [7, 11) is 0. The highest BCUT2D eigenvalue weighted by molar-refractivity contribution is 6.11. The first-order chi connectivity index (χ1) is 23.8. The predicted molar refractivity (Wildman–Crippen MR) is 184 cm³/mol. The molecule has 0 aliphatic carbocycles. The zero-order chi connectivity index (χ0) is 36.8. The lowest BCUT2D eigenvalue weighted by Gasteiger charge is -2.10. The topological polar surface area (TPSA) is 233 Å². The Morgan fingerprint density at radius 2 is 0.922 bits per heavy atom. The summed E-state index contributed by atoms with van der Waals surface area (Å²) in [4.78, 5) is 68.9. The van der Waals surface area contributed by atoms with E-state index >= 15 is 0 Å². The van der Waals surface area contributed by atoms with Gasteiger partial charge >= 0.3 is 11.9 Å². The van der Waals surface area contributed by atoms with Crippen molar-refractivity contribution >= 4 is 46.7 Å². The van der Waals surface area contributed by atoms with E-state index in [0.717, 1.165) is 0 Å². The van der Waals surface area contributed by atoms with Gasteiger partial charge in [-0.3, -0.25) is 19.2 Å². The molecule has 4 aromatic rings. The van der Waals surface area contributed by atoms with Crippen molar-refractivity contribution in [1.29, 1.82) is 10.5 Å². The molecule has 0 radical (unpaired) electrons. The third kappa shape index (κ3) is 11.4. The van der Waals surface area contributed by atoms with Crippen molar-refractivity contribution in [1.82, 2.24) is 0 Å². The lowest BCUT2D eigenvalue weighted by atomic mass is 10.1. The van der Waals surface area contributed by atoms with Gasteiger partial charge in [0.25, 0.3) is 11.8 Å². The highest BCUT2D eigenvalue weighted by Gasteiger charge is 2.18. The van der Waals surface area contributed by atoms with Crippen molar-refractivity contribution < 1.29 is 48.5 Å². The Bertz CT molecular complexity index is 1910. The minimum Gasteiger partial charge on any atom is -0.484 e. The van der Waals surface area contributed by atoms with E-state index in [-0.39, 0.29) is 77.1 Å². The summed E-state index contributed by atoms with van der Waals surface area (Å²) in [5.41, 5.74) is 0.657. The standard InChI is InChI=1S/2C18H14N2O5.CH4/c2*1-11(21)10-25-16-7-6-13(8-12(16)9-19)20-17(22)14-4-2-3-5-15(14)18(23)24;/h2*2-8H,10H2,1H3,(H,20,22)(H,23,24);1H4. The van der Waals surface area contributed by atoms with Gasteiger partial charge in [0, 0.05) is 11.4 Å². The third-order valence-corrected chi connectivity index (χ3v) is 6.38. The summed E-state index contributed by atoms with van der Waals surface area (Å²) < 4.78 is 10.4. The number of rotatable bonds is 12. The molecule has 0 spiro atoms. The number of Topliss-reactive ketones (excluding diaryl/α,β-unsaturated/α-hetero) is 2. The Labute approximate surface area is 292 Å². The van der Waals surface area contributed by atoms with E-state index in [0.29, 0.717) is 11.4 Å². The quantitative estimate of drug-likeness (QED) is 0.142. The van der Waals surface area contributed by atoms with Crippen LogP contribution in [0.3, 0.4) is 0 Å². The van der Waals surface area contributed by atoms with Gasteiger partial charge in [-0.25, -0.2) is 9.59 Å². The molecule has 0 aromatic heterocycles. The molecule has 14 heteroatoms. The second kappa shape index (κ2) is 18.9. The lowest BCUT2D eigenvalue weighted by molar-refractivity contribution is -0.119. The first-order valence-corrected chi connectivity index (χ1v) is 14.4. The van der Waals surface area contributed by atoms with Gasteiger partial charge in [-0.1, -0.05) is 31.7 Å². The number of nitrogens with zero attached hydrogens (tertiary/aromatic N) is 2. The second-order valence-corrected chi connectivity index (χ2v) is 10.2. The maximum Gasteiger partial charge on any atom is 0.336 e. The maximum atomic E-state index is 12.3. The molecule has 0 saturated heterocycles. The number of benzene rings is 4. The second-order valence-electron chi connectivity index (χ2n) is 10.2. The van der Waals surface area contributed by atoms with Crippen LogP contribution in [0.15, 0.2) is 84.9 Å². The van der Waals surface area contributed by atoms with E-state index in [1.807, 2.05) is 12.1 Å². The predicted octanol–water partition coefficient (Wildman–Crippen LogP) is 5.59. The molecule has 0 atom stereocenters. The smallest absolute Gasteiger partial charge is 0.336 e. The number of carboxylic acids is 2. The summed E-state index contributed by atoms with van der Waals surface area (Å²) in [5.74, 6) is -3.58. The normalized spacial score (nSPS) is 9.57. The zero-order valence-corrected chi connectivity index (χ0v) is 26.6. The number of hydrogen-bond acceptors (Lipinski definition) is 10. The molecule has 0 aliphatic rings. The summed E-state index contributed by atoms with van der Waals surface area (Å²) in [6.45, 7) is 2.40. The van der Waals surface area contributed by atoms with Crippen LogP contribution < -0.4 is 20.1 Å². The lowest BCUT2D eigenvalue weighted by Crippen LogP contribution is -2.16. The number of ketones is 2. The van der Waals surface area contributed by atoms with Crippen molar-refractivity contribution in [3.8, 4) is 23.6 Å². The molecular formula is C37H32N4O10. The van der Waals surface area contributed by atoms with E-state index in [9.17, 15) is 39.3 Å². The molecule has 0 fully saturated rings. The molecule has 51 heavy (non-hydrogen) atoms. The number of carbonyl (C=O) groups is 6. The van der Waals surface area contributed by atoms with E-state index in [1.54, 1.807) is 12.1 Å². The van der Waals surface area contributed by atoms with Gasteiger partial charge in [0.15, 0.2) is 11.6 Å². The van der Waals surface area contributed by atoms with Crippen LogP contribution in [0.5, 0.6) is 11.5 Å². The van der Waals surface area contributed by atoms with E-state index < -0.39 is 23.8 Å². The van der Waals surface area contributed by atoms with Crippen LogP contribution in [-0.2, 0) is 9.59 Å². The monoisotopic (exact) mass is 692 g/mol. The third-order valence-electron chi connectivity index (χ3n) is 6.38. The van der Waals surface area contributed by atoms with Gasteiger partial charge in [-0.2, -0.15) is 10.5 Å². The first kappa shape index (κ1) is 39.9. The van der Waals surface area contributed by atoms with Crippen LogP contribution in [0, 0.1) is 22.7 Å². The molecule has 0 bridgehead atoms. The van der Waals surface area contributed by atoms with Crippen molar-refractivity contribution in [2.75, 3.05) is 23.8 Å². The summed E-state index contributed by atoms with van der Waals surface area (Å²) in [5, 5.41) is 41.7. The van der Waals surface area contributed by atoms with Crippen LogP contribution in [0.25, 0.3) is 0 Å². The van der Waals surface area contributed by atoms with Crippen LogP contribution >= 0.6 is 0 Å². The first-order valence-electron chi connectivity index (χ1n) is 14.4. The molecule has 0 unspecified atom stereocenters. The number of nitriles is 2. The fraction of sp³-hybridized carbons (Fsp3) is 0.135. The number of nitrogens with one attached hydrogen (secondary N) is 2. The molecule has 0 heterocycles. The minimum atomic E-state index is -1.21. The average molecular weight is 693 g/mol. The van der Waals surface area contributed by atoms with E-state index in [2.05, 4.69) is 10.6 Å². The number of carboxylic acid groups (broad SMARTS) is 2. The van der Waals surface area contributed by atoms with E-state index in [1.165, 1.54) is 86.6 Å². The van der Waals surface area contributed by atoms with Gasteiger partial charge in [-0.15, -0.1) is 0 Å². The highest BCUT2D eigenvalue weighted by Crippen LogP contribution is 2.24. The number of anilines is 2. The fourth-order valence-corrected chi connectivity index (χ4v) is 4.13. The van der Waals surface area contributed by atoms with Crippen molar-refractivity contribution in [3.63, 3.8) is 0 Å². The molecular weight excluding hydrogens is 660 g/mol. The van der Waals surface area contributed by atoms with Crippen molar-refractivity contribution in [3.05, 3.63) is 118 Å². The average Bonchev–Trinajstić information content (AvgIpc) is 3.10. The molecule has 4 N–H and O–H groups in total. The van der Waals surface area contributed by atoms with Crippen LogP contribution in [0.4, 0.5) is 11.4 Å². The summed E-state index contributed by atoms with van der Waals surface area (Å²) in [6.07, 6.45) is 0. The van der Waals surface area contributed by atoms with Gasteiger partial charge in [0.1, 0.15) is 36.9 Å². The van der Waals surface area contributed by atoms with Gasteiger partial charge in [0.05, 0.1) is 33.4 Å². The van der Waals surface area contributed by atoms with Crippen LogP contribution in [-0.4, -0.2) is 58.7 Å².